The summed E-state index contributed by atoms with van der Waals surface area (Å²) >= 11 is 1.36. The molecule has 1 heterocycles. The number of carbonyl (C=O) groups excluding carboxylic acids is 1. The number of carbonyl (C=O) groups is 2. The maximum Gasteiger partial charge on any atom is 0.345 e. The fourth-order valence-corrected chi connectivity index (χ4v) is 6.16. The van der Waals surface area contributed by atoms with Gasteiger partial charge in [0.2, 0.25) is 0 Å². The molecule has 3 rings (SSSR count). The molecule has 2 N–H and O–H groups in total. The highest BCUT2D eigenvalue weighted by molar-refractivity contribution is 7.13. The number of hydrogen-bond acceptors (Lipinski definition) is 4. The predicted molar refractivity (Wildman–Crippen MR) is 112 cm³/mol. The fraction of sp³-hybridized carbons (Fsp3) is 0.739. The number of aliphatic hydroxyl groups is 1. The van der Waals surface area contributed by atoms with Crippen molar-refractivity contribution < 1.29 is 19.8 Å². The Morgan fingerprint density at radius 1 is 1.29 bits per heavy atom. The molecule has 156 valence electrons. The number of carboxylic acid groups (broad SMARTS) is 1. The van der Waals surface area contributed by atoms with Crippen LogP contribution in [0.3, 0.4) is 0 Å². The Kier molecular flexibility index (Phi) is 7.32. The number of aromatic carboxylic acids is 1. The quantitative estimate of drug-likeness (QED) is 0.510. The first-order valence-corrected chi connectivity index (χ1v) is 11.8. The average molecular weight is 407 g/mol. The molecule has 28 heavy (non-hydrogen) atoms. The molecule has 2 aliphatic carbocycles. The van der Waals surface area contributed by atoms with E-state index in [0.29, 0.717) is 23.0 Å². The zero-order valence-electron chi connectivity index (χ0n) is 17.0. The molecule has 3 atom stereocenters. The van der Waals surface area contributed by atoms with Gasteiger partial charge in [-0.15, -0.1) is 11.3 Å². The van der Waals surface area contributed by atoms with Gasteiger partial charge in [-0.05, 0) is 81.3 Å². The molecular weight excluding hydrogens is 372 g/mol. The number of carboxylic acids is 1. The Morgan fingerprint density at radius 2 is 2.07 bits per heavy atom. The van der Waals surface area contributed by atoms with Crippen molar-refractivity contribution in [2.45, 2.75) is 90.1 Å². The van der Waals surface area contributed by atoms with Crippen LogP contribution in [0.25, 0.3) is 0 Å². The van der Waals surface area contributed by atoms with Crippen LogP contribution in [0.1, 0.15) is 92.1 Å². The van der Waals surface area contributed by atoms with Gasteiger partial charge in [-0.25, -0.2) is 4.79 Å². The standard InChI is InChI=1S/C23H34O4S/c1-2-23(14-5-15-23)21(25)9-4-8-18-16(10-12-19(18)24)6-3-7-17-11-13-20(28-17)22(26)27/h11,13,16,18,21,25H,2-10,12,14-15H2,1H3,(H,26,27)/t16-,18+,21?/m0/s1. The lowest BCUT2D eigenvalue weighted by atomic mass is 9.62. The molecular formula is C23H34O4S. The van der Waals surface area contributed by atoms with Crippen molar-refractivity contribution in [3.05, 3.63) is 21.9 Å². The number of hydrogen-bond donors (Lipinski definition) is 2. The topological polar surface area (TPSA) is 74.6 Å². The summed E-state index contributed by atoms with van der Waals surface area (Å²) in [4.78, 5) is 24.9. The van der Waals surface area contributed by atoms with Crippen LogP contribution in [-0.2, 0) is 11.2 Å². The van der Waals surface area contributed by atoms with E-state index in [1.807, 2.05) is 6.07 Å². The summed E-state index contributed by atoms with van der Waals surface area (Å²) in [6, 6.07) is 3.59. The number of ketones is 1. The van der Waals surface area contributed by atoms with Crippen molar-refractivity contribution >= 4 is 23.1 Å². The lowest BCUT2D eigenvalue weighted by Gasteiger charge is -2.45. The number of aryl methyl sites for hydroxylation is 1. The lowest BCUT2D eigenvalue weighted by molar-refractivity contribution is -0.121. The van der Waals surface area contributed by atoms with Crippen molar-refractivity contribution in [2.24, 2.45) is 17.3 Å². The second kappa shape index (κ2) is 9.53. The molecule has 1 aromatic rings. The second-order valence-corrected chi connectivity index (χ2v) is 10.0. The van der Waals surface area contributed by atoms with E-state index in [9.17, 15) is 14.7 Å². The van der Waals surface area contributed by atoms with Gasteiger partial charge in [-0.2, -0.15) is 0 Å². The summed E-state index contributed by atoms with van der Waals surface area (Å²) in [5.74, 6) is 0.195. The van der Waals surface area contributed by atoms with E-state index in [4.69, 9.17) is 5.11 Å². The summed E-state index contributed by atoms with van der Waals surface area (Å²) in [5.41, 5.74) is 0.161. The number of rotatable bonds is 11. The highest BCUT2D eigenvalue weighted by Gasteiger charge is 2.41. The molecule has 2 saturated carbocycles. The highest BCUT2D eigenvalue weighted by atomic mass is 32.1. The predicted octanol–water partition coefficient (Wildman–Crippen LogP) is 5.48. The number of thiophene rings is 1. The van der Waals surface area contributed by atoms with Gasteiger partial charge in [0.1, 0.15) is 10.7 Å². The Labute approximate surface area is 172 Å². The van der Waals surface area contributed by atoms with E-state index in [1.54, 1.807) is 6.07 Å². The molecule has 0 spiro atoms. The average Bonchev–Trinajstić information content (AvgIpc) is 3.23. The Hall–Kier alpha value is -1.20. The largest absolute Gasteiger partial charge is 0.477 e. The van der Waals surface area contributed by atoms with Crippen molar-refractivity contribution in [3.63, 3.8) is 0 Å². The Balaban J connectivity index is 1.41. The van der Waals surface area contributed by atoms with Gasteiger partial charge < -0.3 is 10.2 Å². The molecule has 0 bridgehead atoms. The summed E-state index contributed by atoms with van der Waals surface area (Å²) in [7, 11) is 0. The SMILES string of the molecule is CCC1(C(O)CCC[C@H]2C(=O)CC[C@@H]2CCCc2ccc(C(=O)O)s2)CCC1. The summed E-state index contributed by atoms with van der Waals surface area (Å²) in [6.45, 7) is 2.19. The zero-order chi connectivity index (χ0) is 20.1. The molecule has 4 nitrogen and oxygen atoms in total. The molecule has 0 radical (unpaired) electrons. The van der Waals surface area contributed by atoms with Crippen LogP contribution in [-0.4, -0.2) is 28.1 Å². The fourth-order valence-electron chi connectivity index (χ4n) is 5.28. The van der Waals surface area contributed by atoms with Crippen LogP contribution in [0.4, 0.5) is 0 Å². The molecule has 0 saturated heterocycles. The van der Waals surface area contributed by atoms with Crippen LogP contribution < -0.4 is 0 Å². The minimum atomic E-state index is -0.855. The smallest absolute Gasteiger partial charge is 0.345 e. The van der Waals surface area contributed by atoms with Gasteiger partial charge in [0.05, 0.1) is 6.10 Å². The molecule has 1 aromatic heterocycles. The highest BCUT2D eigenvalue weighted by Crippen LogP contribution is 2.48. The maximum absolute atomic E-state index is 12.4. The van der Waals surface area contributed by atoms with Crippen molar-refractivity contribution in [1.82, 2.24) is 0 Å². The summed E-state index contributed by atoms with van der Waals surface area (Å²) < 4.78 is 0. The van der Waals surface area contributed by atoms with Crippen LogP contribution >= 0.6 is 11.3 Å². The third kappa shape index (κ3) is 4.85. The van der Waals surface area contributed by atoms with E-state index in [-0.39, 0.29) is 17.4 Å². The minimum Gasteiger partial charge on any atom is -0.477 e. The van der Waals surface area contributed by atoms with E-state index in [2.05, 4.69) is 6.92 Å². The van der Waals surface area contributed by atoms with E-state index < -0.39 is 5.97 Å². The maximum atomic E-state index is 12.4. The van der Waals surface area contributed by atoms with Crippen LogP contribution in [0.5, 0.6) is 0 Å². The lowest BCUT2D eigenvalue weighted by Crippen LogP contribution is -2.40. The van der Waals surface area contributed by atoms with Gasteiger partial charge in [0.15, 0.2) is 0 Å². The molecule has 2 fully saturated rings. The van der Waals surface area contributed by atoms with Gasteiger partial charge in [-0.1, -0.05) is 19.8 Å². The van der Waals surface area contributed by atoms with E-state index in [0.717, 1.165) is 69.1 Å². The van der Waals surface area contributed by atoms with E-state index in [1.165, 1.54) is 17.8 Å². The zero-order valence-corrected chi connectivity index (χ0v) is 17.8. The van der Waals surface area contributed by atoms with Crippen LogP contribution in [0, 0.1) is 17.3 Å². The van der Waals surface area contributed by atoms with E-state index >= 15 is 0 Å². The first-order valence-electron chi connectivity index (χ1n) is 11.0. The number of aliphatic hydroxyl groups excluding tert-OH is 1. The van der Waals surface area contributed by atoms with Crippen molar-refractivity contribution in [2.75, 3.05) is 0 Å². The van der Waals surface area contributed by atoms with Gasteiger partial charge in [0.25, 0.3) is 0 Å². The molecule has 5 heteroatoms. The molecule has 2 aliphatic rings. The summed E-state index contributed by atoms with van der Waals surface area (Å²) in [5, 5.41) is 19.6. The molecule has 0 aromatic carbocycles. The summed E-state index contributed by atoms with van der Waals surface area (Å²) in [6.07, 6.45) is 11.8. The van der Waals surface area contributed by atoms with Crippen LogP contribution in [0.15, 0.2) is 12.1 Å². The van der Waals surface area contributed by atoms with Gasteiger partial charge in [0, 0.05) is 17.2 Å². The monoisotopic (exact) mass is 406 g/mol. The van der Waals surface area contributed by atoms with Crippen molar-refractivity contribution in [1.29, 1.82) is 0 Å². The van der Waals surface area contributed by atoms with Gasteiger partial charge >= 0.3 is 5.97 Å². The minimum absolute atomic E-state index is 0.161. The van der Waals surface area contributed by atoms with Crippen LogP contribution in [0.2, 0.25) is 0 Å². The molecule has 0 amide bonds. The first kappa shape index (κ1) is 21.5. The third-order valence-corrected chi connectivity index (χ3v) is 8.50. The van der Waals surface area contributed by atoms with Gasteiger partial charge in [-0.3, -0.25) is 4.79 Å². The third-order valence-electron chi connectivity index (χ3n) is 7.37. The molecule has 0 aliphatic heterocycles. The Morgan fingerprint density at radius 3 is 2.68 bits per heavy atom. The Bertz CT molecular complexity index is 670. The normalized spacial score (nSPS) is 24.9. The molecule has 1 unspecified atom stereocenters. The van der Waals surface area contributed by atoms with Crippen molar-refractivity contribution in [3.8, 4) is 0 Å². The number of Topliss-reactive ketones (excluding diaryl/α,β-unsaturated/α-hetero) is 1. The first-order chi connectivity index (χ1) is 13.4. The second-order valence-electron chi connectivity index (χ2n) is 8.85.